The number of nitrogens with zero attached hydrogens (tertiary/aromatic N) is 2. The molecule has 1 aromatic heterocycles. The topological polar surface area (TPSA) is 104 Å². The van der Waals surface area contributed by atoms with Gasteiger partial charge in [0.2, 0.25) is 0 Å². The lowest BCUT2D eigenvalue weighted by Crippen LogP contribution is -2.23. The summed E-state index contributed by atoms with van der Waals surface area (Å²) in [5, 5.41) is 5.00. The SMILES string of the molecule is Cc1ccc(S(=O)(=O)OCC(CCOC(=O)C2CC2)O/N=C/c2cccc3cccnc23)cc1. The highest BCUT2D eigenvalue weighted by Crippen LogP contribution is 2.30. The molecule has 0 saturated heterocycles. The molecule has 2 aromatic carbocycles. The number of carbonyl (C=O) groups is 1. The van der Waals surface area contributed by atoms with Gasteiger partial charge in [-0.3, -0.25) is 14.0 Å². The van der Waals surface area contributed by atoms with Crippen LogP contribution in [0.2, 0.25) is 0 Å². The first kappa shape index (κ1) is 23.8. The van der Waals surface area contributed by atoms with E-state index in [1.54, 1.807) is 18.3 Å². The van der Waals surface area contributed by atoms with Crippen molar-refractivity contribution in [2.45, 2.75) is 37.2 Å². The van der Waals surface area contributed by atoms with Gasteiger partial charge in [-0.1, -0.05) is 47.1 Å². The maximum atomic E-state index is 12.6. The maximum absolute atomic E-state index is 12.6. The van der Waals surface area contributed by atoms with Crippen LogP contribution in [0.3, 0.4) is 0 Å². The average Bonchev–Trinajstić information content (AvgIpc) is 3.68. The quantitative estimate of drug-likeness (QED) is 0.176. The number of oxime groups is 1. The molecular formula is C25H26N2O6S. The van der Waals surface area contributed by atoms with Crippen LogP contribution in [-0.4, -0.2) is 44.9 Å². The van der Waals surface area contributed by atoms with Gasteiger partial charge in [0.15, 0.2) is 6.10 Å². The third-order valence-corrected chi connectivity index (χ3v) is 6.68. The molecule has 8 nitrogen and oxygen atoms in total. The lowest BCUT2D eigenvalue weighted by Gasteiger charge is -2.15. The summed E-state index contributed by atoms with van der Waals surface area (Å²) in [5.74, 6) is -0.258. The van der Waals surface area contributed by atoms with Crippen LogP contribution in [0, 0.1) is 12.8 Å². The molecule has 1 aliphatic rings. The third kappa shape index (κ3) is 6.39. The molecule has 0 radical (unpaired) electrons. The van der Waals surface area contributed by atoms with Crippen LogP contribution in [-0.2, 0) is 28.7 Å². The van der Waals surface area contributed by atoms with Gasteiger partial charge in [-0.2, -0.15) is 8.42 Å². The number of ether oxygens (including phenoxy) is 1. The summed E-state index contributed by atoms with van der Waals surface area (Å²) in [6.07, 6.45) is 4.40. The summed E-state index contributed by atoms with van der Waals surface area (Å²) in [6.45, 7) is 1.68. The molecule has 34 heavy (non-hydrogen) atoms. The Morgan fingerprint density at radius 3 is 2.68 bits per heavy atom. The van der Waals surface area contributed by atoms with E-state index in [1.165, 1.54) is 18.3 Å². The highest BCUT2D eigenvalue weighted by Gasteiger charge is 2.31. The number of rotatable bonds is 11. The Morgan fingerprint density at radius 2 is 1.91 bits per heavy atom. The van der Waals surface area contributed by atoms with Gasteiger partial charge in [-0.05, 0) is 38.0 Å². The zero-order valence-corrected chi connectivity index (χ0v) is 19.6. The summed E-state index contributed by atoms with van der Waals surface area (Å²) < 4.78 is 35.6. The van der Waals surface area contributed by atoms with E-state index in [0.29, 0.717) is 0 Å². The predicted octanol–water partition coefficient (Wildman–Crippen LogP) is 4.01. The Balaban J connectivity index is 1.41. The van der Waals surface area contributed by atoms with Crippen LogP contribution >= 0.6 is 0 Å². The van der Waals surface area contributed by atoms with Gasteiger partial charge in [-0.25, -0.2) is 0 Å². The Morgan fingerprint density at radius 1 is 1.15 bits per heavy atom. The molecule has 1 aliphatic carbocycles. The number of carbonyl (C=O) groups excluding carboxylic acids is 1. The number of aromatic nitrogens is 1. The number of aryl methyl sites for hydroxylation is 1. The van der Waals surface area contributed by atoms with Crippen molar-refractivity contribution in [1.82, 2.24) is 4.98 Å². The Labute approximate surface area is 198 Å². The standard InChI is InChI=1S/C25H26N2O6S/c1-18-7-11-23(12-8-18)34(29,30)32-17-22(13-15-31-25(28)20-9-10-20)33-27-16-21-5-2-4-19-6-3-14-26-24(19)21/h2-8,11-12,14,16,20,22H,9-10,13,15,17H2,1H3/b27-16+. The second kappa shape index (κ2) is 10.8. The summed E-state index contributed by atoms with van der Waals surface area (Å²) in [5.41, 5.74) is 2.46. The fourth-order valence-corrected chi connectivity index (χ4v) is 4.17. The van der Waals surface area contributed by atoms with Gasteiger partial charge in [0, 0.05) is 23.6 Å². The van der Waals surface area contributed by atoms with Crippen molar-refractivity contribution in [1.29, 1.82) is 0 Å². The number of hydrogen-bond acceptors (Lipinski definition) is 8. The molecule has 1 fully saturated rings. The van der Waals surface area contributed by atoms with E-state index >= 15 is 0 Å². The highest BCUT2D eigenvalue weighted by molar-refractivity contribution is 7.86. The van der Waals surface area contributed by atoms with E-state index in [2.05, 4.69) is 10.1 Å². The first-order valence-electron chi connectivity index (χ1n) is 11.1. The van der Waals surface area contributed by atoms with Crippen LogP contribution in [0.4, 0.5) is 0 Å². The minimum atomic E-state index is -3.97. The highest BCUT2D eigenvalue weighted by atomic mass is 32.2. The molecule has 0 spiro atoms. The Kier molecular flexibility index (Phi) is 7.54. The molecule has 1 unspecified atom stereocenters. The molecule has 1 atom stereocenters. The minimum absolute atomic E-state index is 0.0191. The molecule has 9 heteroatoms. The van der Waals surface area contributed by atoms with Crippen LogP contribution < -0.4 is 0 Å². The first-order valence-corrected chi connectivity index (χ1v) is 12.5. The molecule has 0 bridgehead atoms. The smallest absolute Gasteiger partial charge is 0.308 e. The molecule has 0 N–H and O–H groups in total. The third-order valence-electron chi connectivity index (χ3n) is 5.38. The molecule has 4 rings (SSSR count). The maximum Gasteiger partial charge on any atom is 0.308 e. The second-order valence-corrected chi connectivity index (χ2v) is 9.78. The van der Waals surface area contributed by atoms with E-state index < -0.39 is 16.2 Å². The van der Waals surface area contributed by atoms with Crippen molar-refractivity contribution in [3.63, 3.8) is 0 Å². The van der Waals surface area contributed by atoms with Gasteiger partial charge in [0.25, 0.3) is 10.1 Å². The van der Waals surface area contributed by atoms with Crippen molar-refractivity contribution in [3.05, 3.63) is 71.9 Å². The van der Waals surface area contributed by atoms with Gasteiger partial charge in [0.1, 0.15) is 6.61 Å². The molecule has 0 amide bonds. The van der Waals surface area contributed by atoms with E-state index in [0.717, 1.165) is 34.9 Å². The summed E-state index contributed by atoms with van der Waals surface area (Å²) in [4.78, 5) is 21.8. The van der Waals surface area contributed by atoms with Gasteiger partial charge < -0.3 is 9.57 Å². The summed E-state index contributed by atoms with van der Waals surface area (Å²) in [7, 11) is -3.97. The number of fused-ring (bicyclic) bond motifs is 1. The van der Waals surface area contributed by atoms with Crippen LogP contribution in [0.1, 0.15) is 30.4 Å². The molecule has 1 saturated carbocycles. The van der Waals surface area contributed by atoms with Gasteiger partial charge >= 0.3 is 5.97 Å². The van der Waals surface area contributed by atoms with E-state index in [-0.39, 0.29) is 36.4 Å². The minimum Gasteiger partial charge on any atom is -0.465 e. The zero-order valence-electron chi connectivity index (χ0n) is 18.8. The Hall–Kier alpha value is -3.30. The Bertz CT molecular complexity index is 1260. The van der Waals surface area contributed by atoms with Gasteiger partial charge in [0.05, 0.1) is 29.2 Å². The number of benzene rings is 2. The van der Waals surface area contributed by atoms with Crippen molar-refractivity contribution >= 4 is 33.2 Å². The van der Waals surface area contributed by atoms with Crippen molar-refractivity contribution in [3.8, 4) is 0 Å². The summed E-state index contributed by atoms with van der Waals surface area (Å²) in [6, 6.07) is 15.9. The number of para-hydroxylation sites is 1. The fourth-order valence-electron chi connectivity index (χ4n) is 3.24. The van der Waals surface area contributed by atoms with Crippen LogP contribution in [0.15, 0.2) is 70.8 Å². The summed E-state index contributed by atoms with van der Waals surface area (Å²) >= 11 is 0. The molecule has 1 heterocycles. The van der Waals surface area contributed by atoms with Crippen molar-refractivity contribution < 1.29 is 27.0 Å². The molecular weight excluding hydrogens is 456 g/mol. The fraction of sp³-hybridized carbons (Fsp3) is 0.320. The largest absolute Gasteiger partial charge is 0.465 e. The number of pyridine rings is 1. The van der Waals surface area contributed by atoms with Gasteiger partial charge in [-0.15, -0.1) is 0 Å². The van der Waals surface area contributed by atoms with Crippen LogP contribution in [0.25, 0.3) is 10.9 Å². The number of esters is 1. The first-order chi connectivity index (χ1) is 16.4. The van der Waals surface area contributed by atoms with E-state index in [4.69, 9.17) is 13.8 Å². The monoisotopic (exact) mass is 482 g/mol. The molecule has 0 aliphatic heterocycles. The predicted molar refractivity (Wildman–Crippen MR) is 127 cm³/mol. The van der Waals surface area contributed by atoms with E-state index in [9.17, 15) is 13.2 Å². The van der Waals surface area contributed by atoms with Crippen molar-refractivity contribution in [2.24, 2.45) is 11.1 Å². The van der Waals surface area contributed by atoms with Crippen molar-refractivity contribution in [2.75, 3.05) is 13.2 Å². The average molecular weight is 483 g/mol. The van der Waals surface area contributed by atoms with E-state index in [1.807, 2.05) is 37.3 Å². The second-order valence-electron chi connectivity index (χ2n) is 8.17. The number of hydrogen-bond donors (Lipinski definition) is 0. The zero-order chi connectivity index (χ0) is 24.0. The molecule has 3 aromatic rings. The normalized spacial score (nSPS) is 14.9. The lowest BCUT2D eigenvalue weighted by atomic mass is 10.1. The molecule has 178 valence electrons. The lowest BCUT2D eigenvalue weighted by molar-refractivity contribution is -0.146. The van der Waals surface area contributed by atoms with Crippen LogP contribution in [0.5, 0.6) is 0 Å².